The van der Waals surface area contributed by atoms with E-state index in [0.29, 0.717) is 11.4 Å². The smallest absolute Gasteiger partial charge is 0.303 e. The second-order valence-corrected chi connectivity index (χ2v) is 6.56. The Morgan fingerprint density at radius 1 is 1.08 bits per heavy atom. The molecule has 0 unspecified atom stereocenters. The van der Waals surface area contributed by atoms with Crippen LogP contribution in [0.25, 0.3) is 10.9 Å². The Bertz CT molecular complexity index is 721. The van der Waals surface area contributed by atoms with Crippen molar-refractivity contribution in [3.63, 3.8) is 0 Å². The molecule has 1 N–H and O–H groups in total. The van der Waals surface area contributed by atoms with Crippen LogP contribution in [0.3, 0.4) is 0 Å². The molecule has 0 saturated carbocycles. The fourth-order valence-electron chi connectivity index (χ4n) is 2.96. The third kappa shape index (κ3) is 4.84. The number of carboxylic acid groups (broad SMARTS) is 1. The Balaban J connectivity index is 2.22. The zero-order valence-corrected chi connectivity index (χ0v) is 14.8. The van der Waals surface area contributed by atoms with Crippen LogP contribution >= 0.6 is 11.6 Å². The van der Waals surface area contributed by atoms with E-state index in [9.17, 15) is 9.59 Å². The van der Waals surface area contributed by atoms with Crippen LogP contribution in [0, 0.1) is 0 Å². The lowest BCUT2D eigenvalue weighted by atomic mass is 10.1. The molecule has 1 aromatic carbocycles. The number of hydrogen-bond donors (Lipinski definition) is 1. The van der Waals surface area contributed by atoms with Gasteiger partial charge in [0.15, 0.2) is 0 Å². The third-order valence-electron chi connectivity index (χ3n) is 4.16. The SMILES string of the molecule is CCCCCCc1cc2cc(Cl)ccc2n1C(=O)CCCC(=O)O. The van der Waals surface area contributed by atoms with Crippen molar-refractivity contribution in [2.24, 2.45) is 0 Å². The fourth-order valence-corrected chi connectivity index (χ4v) is 3.14. The predicted octanol–water partition coefficient (Wildman–Crippen LogP) is 5.31. The largest absolute Gasteiger partial charge is 0.481 e. The third-order valence-corrected chi connectivity index (χ3v) is 4.39. The second-order valence-electron chi connectivity index (χ2n) is 6.13. The number of halogens is 1. The first-order valence-electron chi connectivity index (χ1n) is 8.57. The number of benzene rings is 1. The van der Waals surface area contributed by atoms with E-state index >= 15 is 0 Å². The number of rotatable bonds is 9. The van der Waals surface area contributed by atoms with E-state index in [1.165, 1.54) is 12.8 Å². The van der Waals surface area contributed by atoms with Gasteiger partial charge in [0.05, 0.1) is 5.52 Å². The van der Waals surface area contributed by atoms with Gasteiger partial charge in [-0.2, -0.15) is 0 Å². The summed E-state index contributed by atoms with van der Waals surface area (Å²) < 4.78 is 1.75. The van der Waals surface area contributed by atoms with Gasteiger partial charge in [-0.05, 0) is 43.5 Å². The monoisotopic (exact) mass is 349 g/mol. The van der Waals surface area contributed by atoms with E-state index in [1.807, 2.05) is 18.2 Å². The molecule has 0 atom stereocenters. The predicted molar refractivity (Wildman–Crippen MR) is 96.9 cm³/mol. The van der Waals surface area contributed by atoms with Gasteiger partial charge in [0.2, 0.25) is 5.91 Å². The fraction of sp³-hybridized carbons (Fsp3) is 0.474. The molecule has 0 fully saturated rings. The van der Waals surface area contributed by atoms with Crippen molar-refractivity contribution in [1.82, 2.24) is 4.57 Å². The van der Waals surface area contributed by atoms with Crippen molar-refractivity contribution in [2.75, 3.05) is 0 Å². The van der Waals surface area contributed by atoms with E-state index in [1.54, 1.807) is 10.6 Å². The first kappa shape index (κ1) is 18.5. The molecular weight excluding hydrogens is 326 g/mol. The van der Waals surface area contributed by atoms with Gasteiger partial charge >= 0.3 is 5.97 Å². The highest BCUT2D eigenvalue weighted by Crippen LogP contribution is 2.25. The Kier molecular flexibility index (Phi) is 6.85. The van der Waals surface area contributed by atoms with E-state index in [0.717, 1.165) is 35.9 Å². The molecule has 4 nitrogen and oxygen atoms in total. The second kappa shape index (κ2) is 8.88. The maximum atomic E-state index is 12.6. The zero-order valence-electron chi connectivity index (χ0n) is 14.1. The molecule has 5 heteroatoms. The number of nitrogens with zero attached hydrogens (tertiary/aromatic N) is 1. The molecule has 0 radical (unpaired) electrons. The summed E-state index contributed by atoms with van der Waals surface area (Å²) in [7, 11) is 0. The minimum absolute atomic E-state index is 0.0165. The summed E-state index contributed by atoms with van der Waals surface area (Å²) in [4.78, 5) is 23.3. The lowest BCUT2D eigenvalue weighted by Gasteiger charge is -2.09. The molecule has 130 valence electrons. The maximum Gasteiger partial charge on any atom is 0.303 e. The molecule has 1 aromatic heterocycles. The van der Waals surface area contributed by atoms with Crippen molar-refractivity contribution in [2.45, 2.75) is 58.3 Å². The summed E-state index contributed by atoms with van der Waals surface area (Å²) in [5.41, 5.74) is 1.84. The van der Waals surface area contributed by atoms with E-state index in [-0.39, 0.29) is 18.7 Å². The molecule has 0 bridgehead atoms. The van der Waals surface area contributed by atoms with E-state index in [2.05, 4.69) is 6.92 Å². The number of aromatic nitrogens is 1. The minimum Gasteiger partial charge on any atom is -0.481 e. The van der Waals surface area contributed by atoms with Crippen LogP contribution in [0.2, 0.25) is 5.02 Å². The Morgan fingerprint density at radius 2 is 1.88 bits per heavy atom. The quantitative estimate of drug-likeness (QED) is 0.624. The molecule has 0 amide bonds. The lowest BCUT2D eigenvalue weighted by molar-refractivity contribution is -0.137. The molecule has 0 aliphatic carbocycles. The first-order chi connectivity index (χ1) is 11.5. The van der Waals surface area contributed by atoms with Gasteiger partial charge in [0.1, 0.15) is 0 Å². The van der Waals surface area contributed by atoms with Crippen molar-refractivity contribution >= 4 is 34.4 Å². The number of carboxylic acids is 1. The summed E-state index contributed by atoms with van der Waals surface area (Å²) >= 11 is 6.06. The molecule has 0 aliphatic heterocycles. The summed E-state index contributed by atoms with van der Waals surface area (Å²) in [6.45, 7) is 2.17. The Labute approximate surface area is 147 Å². The molecule has 2 aromatic rings. The summed E-state index contributed by atoms with van der Waals surface area (Å²) in [6, 6.07) is 7.55. The van der Waals surface area contributed by atoms with Gasteiger partial charge < -0.3 is 5.11 Å². The van der Waals surface area contributed by atoms with Crippen LogP contribution in [0.1, 0.15) is 62.4 Å². The topological polar surface area (TPSA) is 59.3 Å². The van der Waals surface area contributed by atoms with Crippen LogP contribution in [0.4, 0.5) is 0 Å². The number of hydrogen-bond acceptors (Lipinski definition) is 2. The Hall–Kier alpha value is -1.81. The van der Waals surface area contributed by atoms with Gasteiger partial charge in [0.25, 0.3) is 0 Å². The van der Waals surface area contributed by atoms with E-state index in [4.69, 9.17) is 16.7 Å². The van der Waals surface area contributed by atoms with Gasteiger partial charge in [-0.15, -0.1) is 0 Å². The number of aliphatic carboxylic acids is 1. The van der Waals surface area contributed by atoms with Crippen molar-refractivity contribution in [1.29, 1.82) is 0 Å². The maximum absolute atomic E-state index is 12.6. The summed E-state index contributed by atoms with van der Waals surface area (Å²) in [5, 5.41) is 10.4. The van der Waals surface area contributed by atoms with Crippen molar-refractivity contribution < 1.29 is 14.7 Å². The van der Waals surface area contributed by atoms with Gasteiger partial charge in [0, 0.05) is 28.9 Å². The Morgan fingerprint density at radius 3 is 2.58 bits per heavy atom. The molecule has 1 heterocycles. The number of aryl methyl sites for hydroxylation is 1. The first-order valence-corrected chi connectivity index (χ1v) is 8.95. The number of carbonyl (C=O) groups excluding carboxylic acids is 1. The minimum atomic E-state index is -0.869. The highest BCUT2D eigenvalue weighted by atomic mass is 35.5. The molecule has 0 aliphatic rings. The van der Waals surface area contributed by atoms with E-state index < -0.39 is 5.97 Å². The van der Waals surface area contributed by atoms with Crippen LogP contribution < -0.4 is 0 Å². The average molecular weight is 350 g/mol. The van der Waals surface area contributed by atoms with Crippen LogP contribution in [0.15, 0.2) is 24.3 Å². The summed E-state index contributed by atoms with van der Waals surface area (Å²) in [5.74, 6) is -0.911. The van der Waals surface area contributed by atoms with Crippen LogP contribution in [-0.4, -0.2) is 21.6 Å². The van der Waals surface area contributed by atoms with Gasteiger partial charge in [-0.25, -0.2) is 0 Å². The summed E-state index contributed by atoms with van der Waals surface area (Å²) in [6.07, 6.45) is 6.01. The highest BCUT2D eigenvalue weighted by Gasteiger charge is 2.15. The van der Waals surface area contributed by atoms with Gasteiger partial charge in [-0.1, -0.05) is 37.8 Å². The van der Waals surface area contributed by atoms with Crippen molar-refractivity contribution in [3.8, 4) is 0 Å². The number of unbranched alkanes of at least 4 members (excludes halogenated alkanes) is 3. The van der Waals surface area contributed by atoms with Crippen LogP contribution in [-0.2, 0) is 11.2 Å². The number of carbonyl (C=O) groups is 2. The molecular formula is C19H24ClNO3. The van der Waals surface area contributed by atoms with Crippen LogP contribution in [0.5, 0.6) is 0 Å². The molecule has 24 heavy (non-hydrogen) atoms. The molecule has 0 saturated heterocycles. The van der Waals surface area contributed by atoms with Crippen molar-refractivity contribution in [3.05, 3.63) is 35.0 Å². The average Bonchev–Trinajstić information content (AvgIpc) is 2.88. The number of fused-ring (bicyclic) bond motifs is 1. The zero-order chi connectivity index (χ0) is 17.5. The standard InChI is InChI=1S/C19H24ClNO3/c1-2-3-4-5-7-16-13-14-12-15(20)10-11-17(14)21(16)18(22)8-6-9-19(23)24/h10-13H,2-9H2,1H3,(H,23,24). The lowest BCUT2D eigenvalue weighted by Crippen LogP contribution is -2.14. The molecule has 2 rings (SSSR count). The highest BCUT2D eigenvalue weighted by molar-refractivity contribution is 6.31. The molecule has 0 spiro atoms. The normalized spacial score (nSPS) is 11.1. The van der Waals surface area contributed by atoms with Gasteiger partial charge in [-0.3, -0.25) is 14.2 Å².